The Morgan fingerprint density at radius 3 is 2.35 bits per heavy atom. The molecule has 1 amide bonds. The zero-order valence-electron chi connectivity index (χ0n) is 11.0. The molecule has 0 atom stereocenters. The number of anilines is 1. The second-order valence-corrected chi connectivity index (χ2v) is 4.46. The summed E-state index contributed by atoms with van der Waals surface area (Å²) in [6.45, 7) is 7.73. The summed E-state index contributed by atoms with van der Waals surface area (Å²) in [6.07, 6.45) is 1.69. The molecular weight excluding hydrogens is 214 g/mol. The van der Waals surface area contributed by atoms with Gasteiger partial charge in [-0.1, -0.05) is 13.8 Å². The second kappa shape index (κ2) is 5.71. The van der Waals surface area contributed by atoms with Crippen LogP contribution in [0.1, 0.15) is 37.8 Å². The average molecular weight is 235 g/mol. The van der Waals surface area contributed by atoms with Crippen molar-refractivity contribution in [1.29, 1.82) is 0 Å². The molecule has 94 valence electrons. The van der Waals surface area contributed by atoms with Crippen molar-refractivity contribution in [3.8, 4) is 5.75 Å². The normalized spacial score (nSPS) is 10.6. The molecule has 0 unspecified atom stereocenters. The zero-order chi connectivity index (χ0) is 13.0. The SMILES string of the molecule is CCC(CC)C(=O)Nc1cc(C)c(O)cc1C. The topological polar surface area (TPSA) is 49.3 Å². The number of hydrogen-bond donors (Lipinski definition) is 2. The van der Waals surface area contributed by atoms with E-state index < -0.39 is 0 Å². The predicted octanol–water partition coefficient (Wildman–Crippen LogP) is 3.38. The van der Waals surface area contributed by atoms with Gasteiger partial charge in [0.25, 0.3) is 0 Å². The van der Waals surface area contributed by atoms with Crippen molar-refractivity contribution in [3.63, 3.8) is 0 Å². The molecule has 0 aliphatic carbocycles. The molecule has 1 aromatic carbocycles. The van der Waals surface area contributed by atoms with Gasteiger partial charge in [0.15, 0.2) is 0 Å². The van der Waals surface area contributed by atoms with Crippen LogP contribution in [0.2, 0.25) is 0 Å². The lowest BCUT2D eigenvalue weighted by molar-refractivity contribution is -0.120. The van der Waals surface area contributed by atoms with E-state index in [-0.39, 0.29) is 17.6 Å². The Morgan fingerprint density at radius 1 is 1.24 bits per heavy atom. The van der Waals surface area contributed by atoms with Gasteiger partial charge < -0.3 is 10.4 Å². The molecule has 1 aromatic rings. The highest BCUT2D eigenvalue weighted by Gasteiger charge is 2.15. The number of nitrogens with one attached hydrogen (secondary N) is 1. The van der Waals surface area contributed by atoms with Crippen LogP contribution in [-0.4, -0.2) is 11.0 Å². The van der Waals surface area contributed by atoms with Gasteiger partial charge in [-0.15, -0.1) is 0 Å². The number of amides is 1. The van der Waals surface area contributed by atoms with Crippen molar-refractivity contribution in [2.75, 3.05) is 5.32 Å². The number of carbonyl (C=O) groups excluding carboxylic acids is 1. The third-order valence-electron chi connectivity index (χ3n) is 3.16. The maximum absolute atomic E-state index is 11.9. The molecule has 3 nitrogen and oxygen atoms in total. The van der Waals surface area contributed by atoms with E-state index in [0.29, 0.717) is 0 Å². The lowest BCUT2D eigenvalue weighted by atomic mass is 10.0. The maximum atomic E-state index is 11.9. The van der Waals surface area contributed by atoms with Gasteiger partial charge >= 0.3 is 0 Å². The van der Waals surface area contributed by atoms with Crippen LogP contribution >= 0.6 is 0 Å². The Bertz CT molecular complexity index is 409. The first-order valence-electron chi connectivity index (χ1n) is 6.10. The Kier molecular flexibility index (Phi) is 4.55. The fourth-order valence-electron chi connectivity index (χ4n) is 1.83. The zero-order valence-corrected chi connectivity index (χ0v) is 11.0. The van der Waals surface area contributed by atoms with Crippen molar-refractivity contribution >= 4 is 11.6 Å². The van der Waals surface area contributed by atoms with Gasteiger partial charge in [0.2, 0.25) is 5.91 Å². The van der Waals surface area contributed by atoms with Crippen LogP contribution in [0.4, 0.5) is 5.69 Å². The van der Waals surface area contributed by atoms with Crippen LogP contribution in [-0.2, 0) is 4.79 Å². The predicted molar refractivity (Wildman–Crippen MR) is 70.3 cm³/mol. The maximum Gasteiger partial charge on any atom is 0.227 e. The molecule has 0 aliphatic heterocycles. The largest absolute Gasteiger partial charge is 0.508 e. The van der Waals surface area contributed by atoms with Crippen molar-refractivity contribution in [1.82, 2.24) is 0 Å². The van der Waals surface area contributed by atoms with Gasteiger partial charge in [-0.25, -0.2) is 0 Å². The molecule has 0 aromatic heterocycles. The van der Waals surface area contributed by atoms with Gasteiger partial charge in [-0.3, -0.25) is 4.79 Å². The number of rotatable bonds is 4. The monoisotopic (exact) mass is 235 g/mol. The van der Waals surface area contributed by atoms with Crippen molar-refractivity contribution in [2.45, 2.75) is 40.5 Å². The minimum absolute atomic E-state index is 0.0585. The summed E-state index contributed by atoms with van der Waals surface area (Å²) in [4.78, 5) is 11.9. The summed E-state index contributed by atoms with van der Waals surface area (Å²) in [6, 6.07) is 3.49. The quantitative estimate of drug-likeness (QED) is 0.786. The van der Waals surface area contributed by atoms with E-state index in [2.05, 4.69) is 5.32 Å². The van der Waals surface area contributed by atoms with Gasteiger partial charge in [0.05, 0.1) is 0 Å². The van der Waals surface area contributed by atoms with E-state index in [1.54, 1.807) is 6.07 Å². The Labute approximate surface area is 103 Å². The molecular formula is C14H21NO2. The summed E-state index contributed by atoms with van der Waals surface area (Å²) in [7, 11) is 0. The smallest absolute Gasteiger partial charge is 0.227 e. The summed E-state index contributed by atoms with van der Waals surface area (Å²) in [5.74, 6) is 0.384. The highest BCUT2D eigenvalue weighted by atomic mass is 16.3. The van der Waals surface area contributed by atoms with E-state index in [4.69, 9.17) is 0 Å². The molecule has 0 saturated heterocycles. The van der Waals surface area contributed by atoms with E-state index in [1.165, 1.54) is 0 Å². The number of aromatic hydroxyl groups is 1. The van der Waals surface area contributed by atoms with Gasteiger partial charge in [0.1, 0.15) is 5.75 Å². The summed E-state index contributed by atoms with van der Waals surface area (Å²) < 4.78 is 0. The number of phenolic OH excluding ortho intramolecular Hbond substituents is 1. The number of hydrogen-bond acceptors (Lipinski definition) is 2. The highest BCUT2D eigenvalue weighted by molar-refractivity contribution is 5.93. The molecule has 1 rings (SSSR count). The first-order chi connectivity index (χ1) is 7.99. The number of benzene rings is 1. The number of carbonyl (C=O) groups is 1. The fraction of sp³-hybridized carbons (Fsp3) is 0.500. The van der Waals surface area contributed by atoms with E-state index in [1.807, 2.05) is 33.8 Å². The molecule has 0 bridgehead atoms. The third-order valence-corrected chi connectivity index (χ3v) is 3.16. The van der Waals surface area contributed by atoms with E-state index >= 15 is 0 Å². The average Bonchev–Trinajstić information content (AvgIpc) is 2.27. The molecule has 0 fully saturated rings. The first kappa shape index (κ1) is 13.6. The van der Waals surface area contributed by atoms with Crippen LogP contribution in [0.25, 0.3) is 0 Å². The molecule has 0 spiro atoms. The molecule has 0 radical (unpaired) electrons. The first-order valence-corrected chi connectivity index (χ1v) is 6.10. The van der Waals surface area contributed by atoms with Crippen molar-refractivity contribution in [3.05, 3.63) is 23.3 Å². The van der Waals surface area contributed by atoms with Crippen molar-refractivity contribution in [2.24, 2.45) is 5.92 Å². The highest BCUT2D eigenvalue weighted by Crippen LogP contribution is 2.25. The third kappa shape index (κ3) is 3.22. The number of aryl methyl sites for hydroxylation is 2. The minimum atomic E-state index is 0.0585. The van der Waals surface area contributed by atoms with Crippen LogP contribution in [0.3, 0.4) is 0 Å². The summed E-state index contributed by atoms with van der Waals surface area (Å²) in [5.41, 5.74) is 2.44. The van der Waals surface area contributed by atoms with Crippen LogP contribution < -0.4 is 5.32 Å². The lowest BCUT2D eigenvalue weighted by Crippen LogP contribution is -2.22. The lowest BCUT2D eigenvalue weighted by Gasteiger charge is -2.15. The molecule has 0 saturated carbocycles. The number of phenols is 1. The Morgan fingerprint density at radius 2 is 1.82 bits per heavy atom. The molecule has 0 aliphatic rings. The molecule has 3 heteroatoms. The second-order valence-electron chi connectivity index (χ2n) is 4.46. The van der Waals surface area contributed by atoms with Crippen molar-refractivity contribution < 1.29 is 9.90 Å². The summed E-state index contributed by atoms with van der Waals surface area (Å²) >= 11 is 0. The van der Waals surface area contributed by atoms with Crippen LogP contribution in [0.5, 0.6) is 5.75 Å². The van der Waals surface area contributed by atoms with E-state index in [0.717, 1.165) is 29.7 Å². The van der Waals surface area contributed by atoms with Crippen LogP contribution in [0.15, 0.2) is 12.1 Å². The van der Waals surface area contributed by atoms with Crippen LogP contribution in [0, 0.1) is 19.8 Å². The standard InChI is InChI=1S/C14H21NO2/c1-5-11(6-2)14(17)15-12-7-10(4)13(16)8-9(12)3/h7-8,11,16H,5-6H2,1-4H3,(H,15,17). The minimum Gasteiger partial charge on any atom is -0.508 e. The molecule has 0 heterocycles. The molecule has 17 heavy (non-hydrogen) atoms. The Balaban J connectivity index is 2.88. The van der Waals surface area contributed by atoms with E-state index in [9.17, 15) is 9.90 Å². The summed E-state index contributed by atoms with van der Waals surface area (Å²) in [5, 5.41) is 12.5. The van der Waals surface area contributed by atoms with Gasteiger partial charge in [0, 0.05) is 11.6 Å². The Hall–Kier alpha value is -1.51. The molecule has 2 N–H and O–H groups in total. The van der Waals surface area contributed by atoms with Gasteiger partial charge in [-0.05, 0) is 49.9 Å². The fourth-order valence-corrected chi connectivity index (χ4v) is 1.83. The van der Waals surface area contributed by atoms with Gasteiger partial charge in [-0.2, -0.15) is 0 Å².